The van der Waals surface area contributed by atoms with Gasteiger partial charge in [-0.05, 0) is 12.8 Å². The molecule has 0 radical (unpaired) electrons. The zero-order valence-corrected chi connectivity index (χ0v) is 11.4. The van der Waals surface area contributed by atoms with Crippen molar-refractivity contribution in [3.8, 4) is 0 Å². The number of aryl methyl sites for hydroxylation is 1. The number of rotatable bonds is 2. The van der Waals surface area contributed by atoms with Crippen molar-refractivity contribution in [2.45, 2.75) is 26.7 Å². The van der Waals surface area contributed by atoms with Gasteiger partial charge < -0.3 is 10.2 Å². The largest absolute Gasteiger partial charge is 0.335 e. The van der Waals surface area contributed by atoms with E-state index in [0.29, 0.717) is 5.92 Å². The number of carbonyl (C=O) groups is 1. The Morgan fingerprint density at radius 1 is 1.41 bits per heavy atom. The van der Waals surface area contributed by atoms with Gasteiger partial charge >= 0.3 is 0 Å². The molecule has 1 aliphatic heterocycles. The predicted molar refractivity (Wildman–Crippen MR) is 69.7 cm³/mol. The van der Waals surface area contributed by atoms with E-state index >= 15 is 0 Å². The van der Waals surface area contributed by atoms with E-state index in [0.717, 1.165) is 41.8 Å². The number of hydrogen-bond acceptors (Lipinski definition) is 4. The number of nitrogens with one attached hydrogen (secondary N) is 1. The highest BCUT2D eigenvalue weighted by Gasteiger charge is 2.24. The standard InChI is InChI=1S/C12H19N3OS/c1-8(2)10-11(17-9(3)14-10)12(16)15-6-4-13-5-7-15/h8,13H,4-7H2,1-3H3. The second-order valence-electron chi connectivity index (χ2n) is 4.64. The molecule has 2 heterocycles. The zero-order chi connectivity index (χ0) is 12.4. The molecule has 1 N–H and O–H groups in total. The molecule has 1 amide bonds. The van der Waals surface area contributed by atoms with E-state index < -0.39 is 0 Å². The van der Waals surface area contributed by atoms with E-state index in [1.54, 1.807) is 0 Å². The Bertz CT molecular complexity index is 408. The molecule has 94 valence electrons. The van der Waals surface area contributed by atoms with E-state index in [1.165, 1.54) is 11.3 Å². The van der Waals surface area contributed by atoms with Gasteiger partial charge in [-0.15, -0.1) is 11.3 Å². The van der Waals surface area contributed by atoms with Gasteiger partial charge in [-0.25, -0.2) is 4.98 Å². The molecule has 17 heavy (non-hydrogen) atoms. The molecule has 4 nitrogen and oxygen atoms in total. The lowest BCUT2D eigenvalue weighted by Crippen LogP contribution is -2.46. The summed E-state index contributed by atoms with van der Waals surface area (Å²) in [5.41, 5.74) is 0.955. The maximum atomic E-state index is 12.4. The summed E-state index contributed by atoms with van der Waals surface area (Å²) in [5.74, 6) is 0.461. The lowest BCUT2D eigenvalue weighted by Gasteiger charge is -2.27. The first-order valence-electron chi connectivity index (χ1n) is 6.07. The van der Waals surface area contributed by atoms with Gasteiger partial charge in [-0.3, -0.25) is 4.79 Å². The molecular formula is C12H19N3OS. The number of piperazine rings is 1. The van der Waals surface area contributed by atoms with E-state index in [2.05, 4.69) is 24.1 Å². The smallest absolute Gasteiger partial charge is 0.265 e. The molecular weight excluding hydrogens is 234 g/mol. The molecule has 0 aromatic carbocycles. The zero-order valence-electron chi connectivity index (χ0n) is 10.6. The van der Waals surface area contributed by atoms with Gasteiger partial charge in [0.2, 0.25) is 0 Å². The molecule has 0 atom stereocenters. The number of carbonyl (C=O) groups excluding carboxylic acids is 1. The van der Waals surface area contributed by atoms with Crippen LogP contribution in [0.1, 0.15) is 40.1 Å². The Hall–Kier alpha value is -0.940. The minimum Gasteiger partial charge on any atom is -0.335 e. The summed E-state index contributed by atoms with van der Waals surface area (Å²) in [4.78, 5) is 19.6. The van der Waals surface area contributed by atoms with Crippen LogP contribution in [-0.4, -0.2) is 42.0 Å². The molecule has 1 saturated heterocycles. The number of amides is 1. The molecule has 2 rings (SSSR count). The van der Waals surface area contributed by atoms with Crippen molar-refractivity contribution in [3.63, 3.8) is 0 Å². The molecule has 1 aromatic heterocycles. The highest BCUT2D eigenvalue weighted by molar-refractivity contribution is 7.13. The Morgan fingerprint density at radius 3 is 2.65 bits per heavy atom. The van der Waals surface area contributed by atoms with Gasteiger partial charge in [-0.2, -0.15) is 0 Å². The van der Waals surface area contributed by atoms with Crippen LogP contribution >= 0.6 is 11.3 Å². The van der Waals surface area contributed by atoms with E-state index in [1.807, 2.05) is 11.8 Å². The number of hydrogen-bond donors (Lipinski definition) is 1. The maximum absolute atomic E-state index is 12.4. The third kappa shape index (κ3) is 2.66. The Labute approximate surface area is 106 Å². The maximum Gasteiger partial charge on any atom is 0.265 e. The van der Waals surface area contributed by atoms with E-state index in [9.17, 15) is 4.79 Å². The van der Waals surface area contributed by atoms with Gasteiger partial charge in [0.15, 0.2) is 0 Å². The lowest BCUT2D eigenvalue weighted by atomic mass is 10.1. The summed E-state index contributed by atoms with van der Waals surface area (Å²) < 4.78 is 0. The number of thiazole rings is 1. The van der Waals surface area contributed by atoms with Crippen molar-refractivity contribution < 1.29 is 4.79 Å². The number of aromatic nitrogens is 1. The van der Waals surface area contributed by atoms with Gasteiger partial charge in [0.25, 0.3) is 5.91 Å². The van der Waals surface area contributed by atoms with Crippen molar-refractivity contribution in [1.29, 1.82) is 0 Å². The van der Waals surface area contributed by atoms with Gasteiger partial charge in [0.1, 0.15) is 4.88 Å². The fourth-order valence-electron chi connectivity index (χ4n) is 2.00. The van der Waals surface area contributed by atoms with E-state index in [4.69, 9.17) is 0 Å². The van der Waals surface area contributed by atoms with Crippen LogP contribution in [0.25, 0.3) is 0 Å². The summed E-state index contributed by atoms with van der Waals surface area (Å²) in [6, 6.07) is 0. The molecule has 0 bridgehead atoms. The van der Waals surface area contributed by atoms with Crippen LogP contribution in [0, 0.1) is 6.92 Å². The second kappa shape index (κ2) is 5.14. The van der Waals surface area contributed by atoms with Crippen LogP contribution in [0.2, 0.25) is 0 Å². The fourth-order valence-corrected chi connectivity index (χ4v) is 3.04. The van der Waals surface area contributed by atoms with Crippen molar-refractivity contribution in [2.24, 2.45) is 0 Å². The molecule has 5 heteroatoms. The normalized spacial score (nSPS) is 16.6. The van der Waals surface area contributed by atoms with Crippen LogP contribution in [0.4, 0.5) is 0 Å². The fraction of sp³-hybridized carbons (Fsp3) is 0.667. The van der Waals surface area contributed by atoms with Crippen molar-refractivity contribution in [2.75, 3.05) is 26.2 Å². The Kier molecular flexibility index (Phi) is 3.79. The minimum atomic E-state index is 0.154. The third-order valence-electron chi connectivity index (χ3n) is 2.91. The van der Waals surface area contributed by atoms with Crippen LogP contribution < -0.4 is 5.32 Å². The van der Waals surface area contributed by atoms with Crippen LogP contribution in [-0.2, 0) is 0 Å². The molecule has 0 spiro atoms. The second-order valence-corrected chi connectivity index (χ2v) is 5.85. The first-order chi connectivity index (χ1) is 8.09. The Morgan fingerprint density at radius 2 is 2.06 bits per heavy atom. The monoisotopic (exact) mass is 253 g/mol. The lowest BCUT2D eigenvalue weighted by molar-refractivity contribution is 0.0739. The van der Waals surface area contributed by atoms with Crippen molar-refractivity contribution in [1.82, 2.24) is 15.2 Å². The number of nitrogens with zero attached hydrogens (tertiary/aromatic N) is 2. The summed E-state index contributed by atoms with van der Waals surface area (Å²) >= 11 is 1.52. The summed E-state index contributed by atoms with van der Waals surface area (Å²) in [7, 11) is 0. The molecule has 0 saturated carbocycles. The Balaban J connectivity index is 2.23. The highest BCUT2D eigenvalue weighted by atomic mass is 32.1. The van der Waals surface area contributed by atoms with Crippen molar-refractivity contribution >= 4 is 17.2 Å². The molecule has 1 fully saturated rings. The first-order valence-corrected chi connectivity index (χ1v) is 6.88. The molecule has 1 aliphatic rings. The molecule has 1 aromatic rings. The summed E-state index contributed by atoms with van der Waals surface area (Å²) in [6.45, 7) is 9.51. The van der Waals surface area contributed by atoms with Gasteiger partial charge in [0, 0.05) is 26.2 Å². The van der Waals surface area contributed by atoms with Crippen molar-refractivity contribution in [3.05, 3.63) is 15.6 Å². The van der Waals surface area contributed by atoms with Gasteiger partial charge in [0.05, 0.1) is 10.7 Å². The quantitative estimate of drug-likeness (QED) is 0.871. The minimum absolute atomic E-state index is 0.154. The van der Waals surface area contributed by atoms with Crippen LogP contribution in [0.15, 0.2) is 0 Å². The average Bonchev–Trinajstić information content (AvgIpc) is 2.72. The SMILES string of the molecule is Cc1nc(C(C)C)c(C(=O)N2CCNCC2)s1. The predicted octanol–water partition coefficient (Wildman–Crippen LogP) is 1.62. The van der Waals surface area contributed by atoms with Crippen LogP contribution in [0.5, 0.6) is 0 Å². The highest BCUT2D eigenvalue weighted by Crippen LogP contribution is 2.26. The molecule has 0 aliphatic carbocycles. The molecule has 0 unspecified atom stereocenters. The average molecular weight is 253 g/mol. The van der Waals surface area contributed by atoms with Crippen LogP contribution in [0.3, 0.4) is 0 Å². The first kappa shape index (κ1) is 12.5. The van der Waals surface area contributed by atoms with E-state index in [-0.39, 0.29) is 5.91 Å². The van der Waals surface area contributed by atoms with Gasteiger partial charge in [-0.1, -0.05) is 13.8 Å². The summed E-state index contributed by atoms with van der Waals surface area (Å²) in [5, 5.41) is 4.24. The topological polar surface area (TPSA) is 45.2 Å². The third-order valence-corrected chi connectivity index (χ3v) is 3.88. The summed E-state index contributed by atoms with van der Waals surface area (Å²) in [6.07, 6.45) is 0.